The number of halogens is 2. The molecule has 144 valence electrons. The highest BCUT2D eigenvalue weighted by molar-refractivity contribution is 5.81. The summed E-state index contributed by atoms with van der Waals surface area (Å²) in [6.45, 7) is 3.53. The van der Waals surface area contributed by atoms with Crippen LogP contribution in [-0.4, -0.2) is 60.5 Å². The Balaban J connectivity index is 1.18. The van der Waals surface area contributed by atoms with Gasteiger partial charge in [0.25, 0.3) is 0 Å². The molecule has 4 rings (SSSR count). The minimum Gasteiger partial charge on any atom is -0.468 e. The second-order valence-electron chi connectivity index (χ2n) is 8.33. The van der Waals surface area contributed by atoms with Crippen molar-refractivity contribution in [3.63, 3.8) is 0 Å². The molecule has 0 radical (unpaired) electrons. The first kappa shape index (κ1) is 17.9. The van der Waals surface area contributed by atoms with Crippen LogP contribution in [0.4, 0.5) is 8.78 Å². The molecule has 3 fully saturated rings. The molecule has 0 bridgehead atoms. The fourth-order valence-electron chi connectivity index (χ4n) is 4.38. The first-order valence-electron chi connectivity index (χ1n) is 9.36. The summed E-state index contributed by atoms with van der Waals surface area (Å²) in [7, 11) is 2.07. The van der Waals surface area contributed by atoms with E-state index in [0.717, 1.165) is 31.7 Å². The summed E-state index contributed by atoms with van der Waals surface area (Å²) in [5.41, 5.74) is -0.238. The zero-order valence-electron chi connectivity index (χ0n) is 15.1. The zero-order chi connectivity index (χ0) is 18.4. The standard InChI is InChI=1S/C19H26F2N2O3/c1-22(10-16-3-2-6-25-16)9-14-4-5-18(26-11-14)12-23(13-18)17(24)15-7-19(20,21)8-15/h2-3,6,14-15H,4-5,7-13H2,1H3. The van der Waals surface area contributed by atoms with Crippen LogP contribution in [0.25, 0.3) is 0 Å². The fourth-order valence-corrected chi connectivity index (χ4v) is 4.38. The van der Waals surface area contributed by atoms with Crippen molar-refractivity contribution < 1.29 is 22.7 Å². The molecule has 26 heavy (non-hydrogen) atoms. The van der Waals surface area contributed by atoms with Crippen LogP contribution in [-0.2, 0) is 16.1 Å². The predicted molar refractivity (Wildman–Crippen MR) is 90.7 cm³/mol. The SMILES string of the molecule is CN(Cc1ccco1)CC1CCC2(CN(C(=O)C3CC(F)(F)C3)C2)OC1. The normalized spacial score (nSPS) is 27.4. The quantitative estimate of drug-likeness (QED) is 0.802. The van der Waals surface area contributed by atoms with Gasteiger partial charge in [-0.1, -0.05) is 0 Å². The monoisotopic (exact) mass is 368 g/mol. The molecule has 0 N–H and O–H groups in total. The summed E-state index contributed by atoms with van der Waals surface area (Å²) in [6, 6.07) is 3.87. The molecule has 1 aromatic rings. The molecular weight excluding hydrogens is 342 g/mol. The number of carbonyl (C=O) groups is 1. The van der Waals surface area contributed by atoms with Crippen molar-refractivity contribution >= 4 is 5.91 Å². The van der Waals surface area contributed by atoms with E-state index in [2.05, 4.69) is 11.9 Å². The lowest BCUT2D eigenvalue weighted by molar-refractivity contribution is -0.201. The fraction of sp³-hybridized carbons (Fsp3) is 0.737. The minimum atomic E-state index is -2.64. The van der Waals surface area contributed by atoms with E-state index in [1.54, 1.807) is 11.2 Å². The maximum atomic E-state index is 12.9. The van der Waals surface area contributed by atoms with E-state index in [9.17, 15) is 13.6 Å². The number of ether oxygens (including phenoxy) is 1. The van der Waals surface area contributed by atoms with Gasteiger partial charge in [-0.25, -0.2) is 8.78 Å². The molecule has 1 amide bonds. The minimum absolute atomic E-state index is 0.120. The van der Waals surface area contributed by atoms with Crippen LogP contribution in [0.1, 0.15) is 31.4 Å². The van der Waals surface area contributed by atoms with Crippen molar-refractivity contribution in [3.05, 3.63) is 24.2 Å². The van der Waals surface area contributed by atoms with Crippen LogP contribution in [0.3, 0.4) is 0 Å². The van der Waals surface area contributed by atoms with Crippen molar-refractivity contribution in [2.75, 3.05) is 33.3 Å². The Morgan fingerprint density at radius 2 is 2.15 bits per heavy atom. The summed E-state index contributed by atoms with van der Waals surface area (Å²) in [5.74, 6) is -1.83. The number of nitrogens with zero attached hydrogens (tertiary/aromatic N) is 2. The van der Waals surface area contributed by atoms with E-state index in [1.807, 2.05) is 12.1 Å². The van der Waals surface area contributed by atoms with Crippen molar-refractivity contribution in [2.24, 2.45) is 11.8 Å². The Labute approximate surface area is 152 Å². The van der Waals surface area contributed by atoms with Gasteiger partial charge in [0.15, 0.2) is 0 Å². The molecule has 1 aromatic heterocycles. The molecule has 1 saturated carbocycles. The Hall–Kier alpha value is -1.47. The Bertz CT molecular complexity index is 625. The second kappa shape index (κ2) is 6.60. The van der Waals surface area contributed by atoms with Crippen LogP contribution in [0.5, 0.6) is 0 Å². The molecule has 2 saturated heterocycles. The van der Waals surface area contributed by atoms with E-state index in [4.69, 9.17) is 9.15 Å². The number of carbonyl (C=O) groups excluding carboxylic acids is 1. The average Bonchev–Trinajstić information content (AvgIpc) is 3.03. The molecule has 1 aliphatic carbocycles. The number of alkyl halides is 2. The van der Waals surface area contributed by atoms with Crippen molar-refractivity contribution in [3.8, 4) is 0 Å². The van der Waals surface area contributed by atoms with Gasteiger partial charge in [0.05, 0.1) is 32.5 Å². The second-order valence-corrected chi connectivity index (χ2v) is 8.33. The molecule has 1 unspecified atom stereocenters. The van der Waals surface area contributed by atoms with Gasteiger partial charge in [-0.15, -0.1) is 0 Å². The van der Waals surface area contributed by atoms with Gasteiger partial charge in [-0.05, 0) is 37.9 Å². The lowest BCUT2D eigenvalue weighted by Crippen LogP contribution is -2.68. The summed E-state index contributed by atoms with van der Waals surface area (Å²) in [4.78, 5) is 16.1. The van der Waals surface area contributed by atoms with Crippen molar-refractivity contribution in [1.29, 1.82) is 0 Å². The van der Waals surface area contributed by atoms with Crippen LogP contribution in [0.15, 0.2) is 22.8 Å². The largest absolute Gasteiger partial charge is 0.468 e. The van der Waals surface area contributed by atoms with Gasteiger partial charge < -0.3 is 14.1 Å². The predicted octanol–water partition coefficient (Wildman–Crippen LogP) is 2.76. The number of furan rings is 1. The molecule has 1 spiro atoms. The number of likely N-dealkylation sites (tertiary alicyclic amines) is 1. The van der Waals surface area contributed by atoms with Crippen LogP contribution in [0.2, 0.25) is 0 Å². The molecule has 3 aliphatic rings. The molecule has 2 aliphatic heterocycles. The summed E-state index contributed by atoms with van der Waals surface area (Å²) in [6.07, 6.45) is 3.09. The molecule has 0 aromatic carbocycles. The smallest absolute Gasteiger partial charge is 0.249 e. The highest BCUT2D eigenvalue weighted by atomic mass is 19.3. The van der Waals surface area contributed by atoms with E-state index >= 15 is 0 Å². The Kier molecular flexibility index (Phi) is 4.55. The summed E-state index contributed by atoms with van der Waals surface area (Å²) in [5, 5.41) is 0. The van der Waals surface area contributed by atoms with Gasteiger partial charge in [0.2, 0.25) is 11.8 Å². The van der Waals surface area contributed by atoms with Gasteiger partial charge in [-0.2, -0.15) is 0 Å². The third kappa shape index (κ3) is 3.64. The molecular formula is C19H26F2N2O3. The van der Waals surface area contributed by atoms with E-state index < -0.39 is 11.8 Å². The molecule has 5 nitrogen and oxygen atoms in total. The van der Waals surface area contributed by atoms with E-state index in [-0.39, 0.29) is 24.3 Å². The van der Waals surface area contributed by atoms with Crippen LogP contribution >= 0.6 is 0 Å². The maximum absolute atomic E-state index is 12.9. The lowest BCUT2D eigenvalue weighted by atomic mass is 9.77. The first-order chi connectivity index (χ1) is 12.3. The van der Waals surface area contributed by atoms with Gasteiger partial charge >= 0.3 is 0 Å². The zero-order valence-corrected chi connectivity index (χ0v) is 15.1. The van der Waals surface area contributed by atoms with Crippen molar-refractivity contribution in [2.45, 2.75) is 43.8 Å². The summed E-state index contributed by atoms with van der Waals surface area (Å²) < 4.78 is 37.4. The highest BCUT2D eigenvalue weighted by Gasteiger charge is 2.54. The lowest BCUT2D eigenvalue weighted by Gasteiger charge is -2.54. The Morgan fingerprint density at radius 3 is 2.73 bits per heavy atom. The topological polar surface area (TPSA) is 45.9 Å². The highest BCUT2D eigenvalue weighted by Crippen LogP contribution is 2.45. The molecule has 1 atom stereocenters. The summed E-state index contributed by atoms with van der Waals surface area (Å²) >= 11 is 0. The third-order valence-corrected chi connectivity index (χ3v) is 5.92. The van der Waals surface area contributed by atoms with Crippen LogP contribution < -0.4 is 0 Å². The van der Waals surface area contributed by atoms with Gasteiger partial charge in [0.1, 0.15) is 11.4 Å². The number of hydrogen-bond donors (Lipinski definition) is 0. The van der Waals surface area contributed by atoms with Crippen LogP contribution in [0, 0.1) is 11.8 Å². The van der Waals surface area contributed by atoms with Gasteiger partial charge in [0, 0.05) is 25.3 Å². The van der Waals surface area contributed by atoms with E-state index in [1.165, 1.54) is 0 Å². The number of rotatable bonds is 5. The first-order valence-corrected chi connectivity index (χ1v) is 9.36. The van der Waals surface area contributed by atoms with Crippen molar-refractivity contribution in [1.82, 2.24) is 9.80 Å². The Morgan fingerprint density at radius 1 is 1.38 bits per heavy atom. The molecule has 3 heterocycles. The molecule has 7 heteroatoms. The maximum Gasteiger partial charge on any atom is 0.249 e. The third-order valence-electron chi connectivity index (χ3n) is 5.92. The average molecular weight is 368 g/mol. The number of amides is 1. The number of hydrogen-bond acceptors (Lipinski definition) is 4. The van der Waals surface area contributed by atoms with E-state index in [0.29, 0.717) is 25.6 Å². The van der Waals surface area contributed by atoms with Gasteiger partial charge in [-0.3, -0.25) is 9.69 Å².